The van der Waals surface area contributed by atoms with E-state index in [0.717, 1.165) is 6.67 Å². The molecule has 1 aromatic rings. The Kier molecular flexibility index (Phi) is 3.04. The number of hydrogen-bond donors (Lipinski definition) is 1. The Morgan fingerprint density at radius 1 is 1.57 bits per heavy atom. The molecule has 1 N–H and O–H groups in total. The van der Waals surface area contributed by atoms with E-state index < -0.39 is 0 Å². The number of benzene rings is 1. The second-order valence-corrected chi connectivity index (χ2v) is 5.63. The second kappa shape index (κ2) is 4.13. The predicted molar refractivity (Wildman–Crippen MR) is 66.4 cm³/mol. The van der Waals surface area contributed by atoms with Crippen molar-refractivity contribution < 1.29 is 0 Å². The summed E-state index contributed by atoms with van der Waals surface area (Å²) in [6.07, 6.45) is 0. The number of nitrogens with zero attached hydrogens (tertiary/aromatic N) is 1. The van der Waals surface area contributed by atoms with E-state index >= 15 is 0 Å². The molecule has 4 heteroatoms. The largest absolute Gasteiger partial charge is 0.301 e. The normalized spacial score (nSPS) is 21.6. The molecule has 0 bridgehead atoms. The van der Waals surface area contributed by atoms with Gasteiger partial charge in [-0.3, -0.25) is 5.32 Å². The van der Waals surface area contributed by atoms with E-state index in [2.05, 4.69) is 57.6 Å². The van der Waals surface area contributed by atoms with Crippen molar-refractivity contribution in [3.05, 3.63) is 28.2 Å². The van der Waals surface area contributed by atoms with Crippen LogP contribution in [0.2, 0.25) is 0 Å². The van der Waals surface area contributed by atoms with Crippen LogP contribution in [0.1, 0.15) is 12.5 Å². The highest BCUT2D eigenvalue weighted by Gasteiger charge is 2.19. The number of anilines is 1. The molecule has 1 heterocycles. The van der Waals surface area contributed by atoms with E-state index in [0.29, 0.717) is 5.37 Å². The molecule has 2 nitrogen and oxygen atoms in total. The monoisotopic (exact) mass is 272 g/mol. The zero-order valence-corrected chi connectivity index (χ0v) is 10.7. The zero-order valence-electron chi connectivity index (χ0n) is 8.25. The lowest BCUT2D eigenvalue weighted by Crippen LogP contribution is -2.19. The van der Waals surface area contributed by atoms with Crippen LogP contribution in [0.4, 0.5) is 5.69 Å². The van der Waals surface area contributed by atoms with Gasteiger partial charge in [0.25, 0.3) is 0 Å². The Labute approximate surface area is 97.3 Å². The predicted octanol–water partition coefficient (Wildman–Crippen LogP) is 3.12. The quantitative estimate of drug-likeness (QED) is 0.791. The fourth-order valence-electron chi connectivity index (χ4n) is 1.41. The number of aryl methyl sites for hydroxylation is 1. The van der Waals surface area contributed by atoms with Crippen LogP contribution in [0.5, 0.6) is 0 Å². The molecule has 14 heavy (non-hydrogen) atoms. The summed E-state index contributed by atoms with van der Waals surface area (Å²) < 4.78 is 3.45. The maximum atomic E-state index is 3.51. The lowest BCUT2D eigenvalue weighted by molar-refractivity contribution is 0.747. The number of hydrogen-bond acceptors (Lipinski definition) is 3. The van der Waals surface area contributed by atoms with Gasteiger partial charge >= 0.3 is 0 Å². The summed E-state index contributed by atoms with van der Waals surface area (Å²) in [5.41, 5.74) is 2.55. The number of rotatable bonds is 1. The van der Waals surface area contributed by atoms with Gasteiger partial charge in [0.15, 0.2) is 0 Å². The zero-order chi connectivity index (χ0) is 10.1. The Morgan fingerprint density at radius 3 is 2.93 bits per heavy atom. The molecule has 1 aromatic carbocycles. The highest BCUT2D eigenvalue weighted by Crippen LogP contribution is 2.30. The molecule has 2 rings (SSSR count). The molecule has 0 radical (unpaired) electrons. The average Bonchev–Trinajstić information content (AvgIpc) is 2.57. The molecule has 1 fully saturated rings. The Morgan fingerprint density at radius 2 is 2.36 bits per heavy atom. The third-order valence-electron chi connectivity index (χ3n) is 2.24. The molecule has 0 aromatic heterocycles. The van der Waals surface area contributed by atoms with Crippen LogP contribution in [0, 0.1) is 6.92 Å². The summed E-state index contributed by atoms with van der Waals surface area (Å²) >= 11 is 5.35. The number of halogens is 1. The van der Waals surface area contributed by atoms with Crippen molar-refractivity contribution in [3.63, 3.8) is 0 Å². The fraction of sp³-hybridized carbons (Fsp3) is 0.400. The first-order chi connectivity index (χ1) is 6.66. The van der Waals surface area contributed by atoms with Gasteiger partial charge in [0.1, 0.15) is 0 Å². The van der Waals surface area contributed by atoms with E-state index in [1.165, 1.54) is 15.7 Å². The van der Waals surface area contributed by atoms with E-state index in [1.54, 1.807) is 0 Å². The summed E-state index contributed by atoms with van der Waals surface area (Å²) in [5, 5.41) is 3.89. The molecule has 1 saturated heterocycles. The topological polar surface area (TPSA) is 15.3 Å². The van der Waals surface area contributed by atoms with E-state index in [-0.39, 0.29) is 0 Å². The highest BCUT2D eigenvalue weighted by atomic mass is 79.9. The van der Waals surface area contributed by atoms with Crippen LogP contribution in [-0.4, -0.2) is 12.0 Å². The molecule has 0 aliphatic carbocycles. The van der Waals surface area contributed by atoms with Crippen LogP contribution in [0.25, 0.3) is 0 Å². The average molecular weight is 273 g/mol. The third kappa shape index (κ3) is 2.07. The van der Waals surface area contributed by atoms with Crippen molar-refractivity contribution >= 4 is 33.6 Å². The first-order valence-electron chi connectivity index (χ1n) is 4.60. The van der Waals surface area contributed by atoms with Gasteiger partial charge < -0.3 is 4.31 Å². The molecule has 76 valence electrons. The van der Waals surface area contributed by atoms with E-state index in [1.807, 2.05) is 11.9 Å². The third-order valence-corrected chi connectivity index (χ3v) is 4.20. The molecular formula is C10H13BrN2S. The lowest BCUT2D eigenvalue weighted by atomic mass is 10.2. The van der Waals surface area contributed by atoms with Gasteiger partial charge in [0, 0.05) is 10.2 Å². The van der Waals surface area contributed by atoms with E-state index in [9.17, 15) is 0 Å². The summed E-state index contributed by atoms with van der Waals surface area (Å²) in [6, 6.07) is 6.45. The lowest BCUT2D eigenvalue weighted by Gasteiger charge is -2.16. The first-order valence-corrected chi connectivity index (χ1v) is 6.23. The summed E-state index contributed by atoms with van der Waals surface area (Å²) in [6.45, 7) is 5.22. The Bertz CT molecular complexity index is 343. The van der Waals surface area contributed by atoms with Gasteiger partial charge in [-0.1, -0.05) is 15.9 Å². The standard InChI is InChI=1S/C10H13BrN2S/c1-7-5-9(3-4-10(7)11)13-6-12-8(2)14-13/h3-5,8,12H,6H2,1-2H3. The van der Waals surface area contributed by atoms with Crippen molar-refractivity contribution in [2.45, 2.75) is 19.2 Å². The minimum Gasteiger partial charge on any atom is -0.301 e. The molecule has 1 atom stereocenters. The van der Waals surface area contributed by atoms with Gasteiger partial charge in [0.2, 0.25) is 0 Å². The maximum absolute atomic E-state index is 3.51. The highest BCUT2D eigenvalue weighted by molar-refractivity contribution is 9.10. The molecular weight excluding hydrogens is 260 g/mol. The van der Waals surface area contributed by atoms with Crippen LogP contribution in [0.3, 0.4) is 0 Å². The van der Waals surface area contributed by atoms with Gasteiger partial charge in [-0.25, -0.2) is 0 Å². The van der Waals surface area contributed by atoms with Crippen LogP contribution in [0.15, 0.2) is 22.7 Å². The first kappa shape index (κ1) is 10.3. The SMILES string of the molecule is Cc1cc(N2CNC(C)S2)ccc1Br. The van der Waals surface area contributed by atoms with Gasteiger partial charge in [0.05, 0.1) is 12.0 Å². The fourth-order valence-corrected chi connectivity index (χ4v) is 2.57. The Hall–Kier alpha value is -0.190. The minimum absolute atomic E-state index is 0.513. The molecule has 1 aliphatic heterocycles. The molecule has 1 unspecified atom stereocenters. The summed E-state index contributed by atoms with van der Waals surface area (Å²) in [5.74, 6) is 0. The minimum atomic E-state index is 0.513. The number of nitrogens with one attached hydrogen (secondary N) is 1. The molecule has 0 spiro atoms. The summed E-state index contributed by atoms with van der Waals surface area (Å²) in [7, 11) is 0. The maximum Gasteiger partial charge on any atom is 0.0799 e. The van der Waals surface area contributed by atoms with Gasteiger partial charge in [-0.2, -0.15) is 0 Å². The van der Waals surface area contributed by atoms with Crippen molar-refractivity contribution in [2.75, 3.05) is 11.0 Å². The van der Waals surface area contributed by atoms with Crippen LogP contribution >= 0.6 is 27.9 Å². The van der Waals surface area contributed by atoms with Gasteiger partial charge in [-0.15, -0.1) is 0 Å². The van der Waals surface area contributed by atoms with E-state index in [4.69, 9.17) is 0 Å². The van der Waals surface area contributed by atoms with Crippen molar-refractivity contribution in [1.82, 2.24) is 5.32 Å². The van der Waals surface area contributed by atoms with Crippen molar-refractivity contribution in [3.8, 4) is 0 Å². The molecule has 0 amide bonds. The molecule has 1 aliphatic rings. The van der Waals surface area contributed by atoms with Crippen molar-refractivity contribution in [2.24, 2.45) is 0 Å². The molecule has 0 saturated carbocycles. The van der Waals surface area contributed by atoms with Crippen LogP contribution in [-0.2, 0) is 0 Å². The smallest absolute Gasteiger partial charge is 0.0799 e. The van der Waals surface area contributed by atoms with Crippen molar-refractivity contribution in [1.29, 1.82) is 0 Å². The van der Waals surface area contributed by atoms with Crippen LogP contribution < -0.4 is 9.62 Å². The second-order valence-electron chi connectivity index (χ2n) is 3.42. The summed E-state index contributed by atoms with van der Waals surface area (Å²) in [4.78, 5) is 0. The Balaban J connectivity index is 2.20. The van der Waals surface area contributed by atoms with Gasteiger partial charge in [-0.05, 0) is 49.6 Å².